The predicted molar refractivity (Wildman–Crippen MR) is 132 cm³/mol. The third-order valence-electron chi connectivity index (χ3n) is 5.02. The molecule has 0 fully saturated rings. The summed E-state index contributed by atoms with van der Waals surface area (Å²) in [6.07, 6.45) is 10.0. The SMILES string of the molecule is CC(C)(C)c1ccc2c(c1)[cH-]c1cc(C(C)(C)C)ccc12.C[C](C)=[Zr+2].[C-]1=CC=CC1. The van der Waals surface area contributed by atoms with Gasteiger partial charge in [-0.2, -0.15) is 6.08 Å². The van der Waals surface area contributed by atoms with Crippen molar-refractivity contribution in [3.8, 4) is 0 Å². The van der Waals surface area contributed by atoms with Crippen molar-refractivity contribution in [2.75, 3.05) is 0 Å². The van der Waals surface area contributed by atoms with Gasteiger partial charge >= 0.3 is 41.3 Å². The number of allylic oxidation sites excluding steroid dienone is 4. The number of hydrogen-bond acceptors (Lipinski definition) is 0. The molecule has 4 rings (SSSR count). The predicted octanol–water partition coefficient (Wildman–Crippen LogP) is 8.36. The van der Waals surface area contributed by atoms with E-state index in [-0.39, 0.29) is 10.8 Å². The number of rotatable bonds is 0. The van der Waals surface area contributed by atoms with Crippen molar-refractivity contribution in [1.29, 1.82) is 0 Å². The van der Waals surface area contributed by atoms with Gasteiger partial charge in [-0.1, -0.05) is 76.9 Å². The minimum Gasteiger partial charge on any atom is -0.273 e. The zero-order chi connectivity index (χ0) is 22.5. The molecule has 0 radical (unpaired) electrons. The summed E-state index contributed by atoms with van der Waals surface area (Å²) in [6.45, 7) is 17.9. The summed E-state index contributed by atoms with van der Waals surface area (Å²) >= 11 is 1.55. The van der Waals surface area contributed by atoms with Crippen LogP contribution < -0.4 is 0 Å². The molecular weight excluding hydrogens is 440 g/mol. The molecule has 1 aliphatic rings. The molecule has 156 valence electrons. The van der Waals surface area contributed by atoms with Crippen LogP contribution in [0.2, 0.25) is 0 Å². The van der Waals surface area contributed by atoms with Crippen molar-refractivity contribution < 1.29 is 24.2 Å². The fraction of sp³-hybridized carbons (Fsp3) is 0.379. The van der Waals surface area contributed by atoms with Crippen LogP contribution in [0, 0.1) is 6.08 Å². The van der Waals surface area contributed by atoms with Crippen molar-refractivity contribution in [1.82, 2.24) is 0 Å². The Kier molecular flexibility index (Phi) is 8.46. The Morgan fingerprint density at radius 3 is 1.53 bits per heavy atom. The second kappa shape index (κ2) is 10.2. The molecule has 0 bridgehead atoms. The van der Waals surface area contributed by atoms with E-state index in [4.69, 9.17) is 0 Å². The first-order valence-electron chi connectivity index (χ1n) is 10.8. The molecule has 0 spiro atoms. The summed E-state index contributed by atoms with van der Waals surface area (Å²) < 4.78 is 1.51. The Labute approximate surface area is 198 Å². The summed E-state index contributed by atoms with van der Waals surface area (Å²) in [5, 5.41) is 5.48. The monoisotopic (exact) mass is 474 g/mol. The van der Waals surface area contributed by atoms with E-state index in [2.05, 4.69) is 110 Å². The summed E-state index contributed by atoms with van der Waals surface area (Å²) in [6, 6.07) is 16.2. The Morgan fingerprint density at radius 1 is 0.833 bits per heavy atom. The molecule has 0 saturated carbocycles. The maximum atomic E-state index is 2.99. The normalized spacial score (nSPS) is 13.1. The molecule has 0 aromatic heterocycles. The molecule has 0 heterocycles. The Balaban J connectivity index is 0.000000297. The van der Waals surface area contributed by atoms with Crippen molar-refractivity contribution >= 4 is 24.8 Å². The van der Waals surface area contributed by atoms with Gasteiger partial charge in [0.15, 0.2) is 0 Å². The van der Waals surface area contributed by atoms with Gasteiger partial charge in [0.2, 0.25) is 0 Å². The van der Waals surface area contributed by atoms with Gasteiger partial charge in [-0.3, -0.25) is 6.08 Å². The molecule has 0 atom stereocenters. The van der Waals surface area contributed by atoms with Crippen LogP contribution in [-0.2, 0) is 35.1 Å². The van der Waals surface area contributed by atoms with E-state index in [0.717, 1.165) is 6.42 Å². The van der Waals surface area contributed by atoms with E-state index in [1.165, 1.54) is 35.9 Å². The summed E-state index contributed by atoms with van der Waals surface area (Å²) in [7, 11) is 0. The minimum atomic E-state index is 0.203. The first-order chi connectivity index (χ1) is 13.9. The maximum Gasteiger partial charge on any atom is -0.109 e. The van der Waals surface area contributed by atoms with Gasteiger partial charge in [0.05, 0.1) is 0 Å². The third kappa shape index (κ3) is 7.06. The van der Waals surface area contributed by atoms with Crippen LogP contribution in [-0.4, -0.2) is 3.21 Å². The number of benzene rings is 2. The second-order valence-electron chi connectivity index (χ2n) is 10.3. The van der Waals surface area contributed by atoms with Crippen molar-refractivity contribution in [2.45, 2.75) is 72.6 Å². The molecule has 3 aromatic carbocycles. The van der Waals surface area contributed by atoms with E-state index in [1.54, 1.807) is 24.2 Å². The van der Waals surface area contributed by atoms with Crippen LogP contribution in [0.5, 0.6) is 0 Å². The average molecular weight is 476 g/mol. The maximum absolute atomic E-state index is 2.99. The quantitative estimate of drug-likeness (QED) is 0.286. The fourth-order valence-corrected chi connectivity index (χ4v) is 3.30. The fourth-order valence-electron chi connectivity index (χ4n) is 3.30. The molecule has 3 aromatic rings. The van der Waals surface area contributed by atoms with Gasteiger partial charge in [0.1, 0.15) is 0 Å². The van der Waals surface area contributed by atoms with Gasteiger partial charge in [0.25, 0.3) is 0 Å². The smallest absolute Gasteiger partial charge is 0.109 e. The van der Waals surface area contributed by atoms with Gasteiger partial charge < -0.3 is 0 Å². The van der Waals surface area contributed by atoms with Crippen LogP contribution >= 0.6 is 0 Å². The van der Waals surface area contributed by atoms with E-state index in [9.17, 15) is 0 Å². The van der Waals surface area contributed by atoms with E-state index in [0.29, 0.717) is 0 Å². The zero-order valence-corrected chi connectivity index (χ0v) is 22.4. The first-order valence-corrected chi connectivity index (χ1v) is 12.0. The van der Waals surface area contributed by atoms with Gasteiger partial charge in [0, 0.05) is 0 Å². The van der Waals surface area contributed by atoms with Crippen LogP contribution in [0.25, 0.3) is 21.5 Å². The number of fused-ring (bicyclic) bond motifs is 3. The topological polar surface area (TPSA) is 0 Å². The van der Waals surface area contributed by atoms with Crippen LogP contribution in [0.3, 0.4) is 0 Å². The first kappa shape index (κ1) is 24.8. The van der Waals surface area contributed by atoms with Crippen LogP contribution in [0.4, 0.5) is 0 Å². The minimum absolute atomic E-state index is 0.203. The zero-order valence-electron chi connectivity index (χ0n) is 20.0. The standard InChI is InChI=1S/C21H25.C5H5.C3H6.Zr/c1-20(2,3)16-7-9-18-14(12-16)11-15-13-17(21(4,5)6)8-10-19(15)18;1-2-4-5-3-1;1-3-2;/h7-13H,1-6H3;1-3H,4H2;1-2H3;/q2*-1;;+2. The molecule has 0 saturated heterocycles. The summed E-state index contributed by atoms with van der Waals surface area (Å²) in [4.78, 5) is 0. The van der Waals surface area contributed by atoms with Crippen molar-refractivity contribution in [3.05, 3.63) is 77.9 Å². The Morgan fingerprint density at radius 2 is 1.27 bits per heavy atom. The van der Waals surface area contributed by atoms with E-state index >= 15 is 0 Å². The molecule has 30 heavy (non-hydrogen) atoms. The molecule has 0 nitrogen and oxygen atoms in total. The van der Waals surface area contributed by atoms with Crippen molar-refractivity contribution in [3.63, 3.8) is 0 Å². The van der Waals surface area contributed by atoms with E-state index in [1.807, 2.05) is 12.2 Å². The van der Waals surface area contributed by atoms with Crippen LogP contribution in [0.15, 0.2) is 60.7 Å². The second-order valence-corrected chi connectivity index (χ2v) is 12.7. The number of hydrogen-bond donors (Lipinski definition) is 0. The largest absolute Gasteiger partial charge is 0.273 e. The van der Waals surface area contributed by atoms with Gasteiger partial charge in [-0.05, 0) is 10.8 Å². The van der Waals surface area contributed by atoms with Gasteiger partial charge in [-0.15, -0.1) is 46.2 Å². The Hall–Kier alpha value is -1.46. The summed E-state index contributed by atoms with van der Waals surface area (Å²) in [5.41, 5.74) is 3.21. The Bertz CT molecular complexity index is 977. The van der Waals surface area contributed by atoms with Gasteiger partial charge in [-0.25, -0.2) is 12.2 Å². The van der Waals surface area contributed by atoms with Crippen LogP contribution in [0.1, 0.15) is 72.9 Å². The molecule has 0 N–H and O–H groups in total. The third-order valence-corrected chi connectivity index (χ3v) is 5.02. The molecule has 0 amide bonds. The molecular formula is C29H36Zr. The van der Waals surface area contributed by atoms with E-state index < -0.39 is 0 Å². The molecule has 1 aliphatic carbocycles. The molecule has 0 unspecified atom stereocenters. The average Bonchev–Trinajstić information content (AvgIpc) is 3.30. The molecule has 0 aliphatic heterocycles. The summed E-state index contributed by atoms with van der Waals surface area (Å²) in [5.74, 6) is 0. The molecule has 1 heteroatoms. The van der Waals surface area contributed by atoms with Crippen molar-refractivity contribution in [2.24, 2.45) is 0 Å².